The molecule has 1 aliphatic rings. The summed E-state index contributed by atoms with van der Waals surface area (Å²) < 4.78 is 0. The second kappa shape index (κ2) is 11.1. The van der Waals surface area contributed by atoms with Crippen LogP contribution in [0.15, 0.2) is 48.5 Å². The molecular weight excluding hydrogens is 388 g/mol. The number of rotatable bonds is 8. The fourth-order valence-corrected chi connectivity index (χ4v) is 4.07. The van der Waals surface area contributed by atoms with Crippen LogP contribution in [0.5, 0.6) is 0 Å². The standard InChI is InChI=1S/C25H34N4O2/c1-19-8-7-11-23(21(19)3)27-25(31)18-29-14-12-28(13-15-29)17-24(30)26-16-20(2)22-9-5-4-6-10-22/h4-11,20H,12-18H2,1-3H3,(H,26,30)(H,27,31)/p+2/t20-/m1/s1. The summed E-state index contributed by atoms with van der Waals surface area (Å²) in [4.78, 5) is 27.4. The summed E-state index contributed by atoms with van der Waals surface area (Å²) in [5.41, 5.74) is 4.44. The quantitative estimate of drug-likeness (QED) is 0.480. The third-order valence-electron chi connectivity index (χ3n) is 6.34. The molecule has 1 atom stereocenters. The lowest BCUT2D eigenvalue weighted by Gasteiger charge is -2.29. The van der Waals surface area contributed by atoms with Crippen molar-refractivity contribution in [1.82, 2.24) is 5.32 Å². The Labute approximate surface area is 185 Å². The molecule has 2 aromatic rings. The van der Waals surface area contributed by atoms with E-state index in [-0.39, 0.29) is 11.8 Å². The Morgan fingerprint density at radius 3 is 2.13 bits per heavy atom. The number of aryl methyl sites for hydroxylation is 1. The van der Waals surface area contributed by atoms with Crippen molar-refractivity contribution < 1.29 is 19.4 Å². The van der Waals surface area contributed by atoms with Crippen molar-refractivity contribution in [2.45, 2.75) is 26.7 Å². The number of hydrogen-bond donors (Lipinski definition) is 4. The van der Waals surface area contributed by atoms with Gasteiger partial charge in [-0.05, 0) is 42.5 Å². The Kier molecular flexibility index (Phi) is 8.20. The summed E-state index contributed by atoms with van der Waals surface area (Å²) in [5.74, 6) is 0.464. The van der Waals surface area contributed by atoms with Crippen molar-refractivity contribution in [3.05, 3.63) is 65.2 Å². The van der Waals surface area contributed by atoms with E-state index >= 15 is 0 Å². The first-order valence-corrected chi connectivity index (χ1v) is 11.3. The summed E-state index contributed by atoms with van der Waals surface area (Å²) in [6, 6.07) is 16.2. The smallest absolute Gasteiger partial charge is 0.279 e. The maximum Gasteiger partial charge on any atom is 0.279 e. The van der Waals surface area contributed by atoms with Crippen molar-refractivity contribution in [2.75, 3.05) is 51.1 Å². The number of quaternary nitrogens is 2. The molecule has 6 nitrogen and oxygen atoms in total. The van der Waals surface area contributed by atoms with Crippen LogP contribution in [-0.2, 0) is 9.59 Å². The van der Waals surface area contributed by atoms with E-state index in [9.17, 15) is 9.59 Å². The van der Waals surface area contributed by atoms with Crippen LogP contribution in [0.3, 0.4) is 0 Å². The van der Waals surface area contributed by atoms with Crippen LogP contribution < -0.4 is 20.4 Å². The topological polar surface area (TPSA) is 67.1 Å². The first kappa shape index (κ1) is 23.0. The van der Waals surface area contributed by atoms with Gasteiger partial charge in [-0.1, -0.05) is 49.4 Å². The molecule has 1 fully saturated rings. The molecule has 1 aliphatic heterocycles. The average Bonchev–Trinajstić information content (AvgIpc) is 2.77. The number of carbonyl (C=O) groups is 2. The number of anilines is 1. The van der Waals surface area contributed by atoms with Gasteiger partial charge in [0.05, 0.1) is 0 Å². The molecule has 2 amide bonds. The highest BCUT2D eigenvalue weighted by molar-refractivity contribution is 5.92. The Balaban J connectivity index is 1.36. The fourth-order valence-electron chi connectivity index (χ4n) is 4.07. The molecule has 2 aromatic carbocycles. The summed E-state index contributed by atoms with van der Waals surface area (Å²) in [5, 5.41) is 6.13. The van der Waals surface area contributed by atoms with Crippen LogP contribution in [0, 0.1) is 13.8 Å². The second-order valence-corrected chi connectivity index (χ2v) is 8.77. The molecule has 0 spiro atoms. The zero-order chi connectivity index (χ0) is 22.2. The number of hydrogen-bond acceptors (Lipinski definition) is 2. The van der Waals surface area contributed by atoms with Gasteiger partial charge in [-0.25, -0.2) is 0 Å². The monoisotopic (exact) mass is 424 g/mol. The minimum atomic E-state index is 0.0554. The first-order chi connectivity index (χ1) is 14.9. The van der Waals surface area contributed by atoms with Gasteiger partial charge in [0.2, 0.25) is 0 Å². The van der Waals surface area contributed by atoms with E-state index in [4.69, 9.17) is 0 Å². The Bertz CT molecular complexity index is 876. The molecule has 0 unspecified atom stereocenters. The van der Waals surface area contributed by atoms with E-state index in [1.165, 1.54) is 20.9 Å². The SMILES string of the molecule is Cc1cccc(NC(=O)C[NH+]2CC[NH+](CC(=O)NC[C@@H](C)c3ccccc3)CC2)c1C. The van der Waals surface area contributed by atoms with Crippen molar-refractivity contribution in [3.8, 4) is 0 Å². The Hall–Kier alpha value is -2.70. The van der Waals surface area contributed by atoms with Crippen LogP contribution in [0.25, 0.3) is 0 Å². The van der Waals surface area contributed by atoms with Gasteiger partial charge in [-0.15, -0.1) is 0 Å². The molecule has 0 aliphatic carbocycles. The minimum Gasteiger partial charge on any atom is -0.351 e. The van der Waals surface area contributed by atoms with Crippen LogP contribution in [-0.4, -0.2) is 57.6 Å². The maximum absolute atomic E-state index is 12.5. The van der Waals surface area contributed by atoms with Gasteiger partial charge in [-0.3, -0.25) is 9.59 Å². The molecule has 0 saturated carbocycles. The van der Waals surface area contributed by atoms with E-state index in [0.717, 1.165) is 37.4 Å². The van der Waals surface area contributed by atoms with Crippen LogP contribution >= 0.6 is 0 Å². The van der Waals surface area contributed by atoms with Gasteiger partial charge < -0.3 is 20.4 Å². The van der Waals surface area contributed by atoms with Gasteiger partial charge in [0.15, 0.2) is 13.1 Å². The zero-order valence-electron chi connectivity index (χ0n) is 19.0. The number of amides is 2. The molecule has 0 radical (unpaired) electrons. The van der Waals surface area contributed by atoms with E-state index in [1.54, 1.807) is 0 Å². The molecule has 31 heavy (non-hydrogen) atoms. The molecule has 0 bridgehead atoms. The van der Waals surface area contributed by atoms with Gasteiger partial charge >= 0.3 is 0 Å². The van der Waals surface area contributed by atoms with E-state index in [0.29, 0.717) is 25.6 Å². The number of carbonyl (C=O) groups excluding carboxylic acids is 2. The van der Waals surface area contributed by atoms with Gasteiger partial charge in [0, 0.05) is 12.2 Å². The van der Waals surface area contributed by atoms with Gasteiger partial charge in [0.1, 0.15) is 26.2 Å². The third kappa shape index (κ3) is 6.91. The van der Waals surface area contributed by atoms with E-state index in [1.807, 2.05) is 37.3 Å². The highest BCUT2D eigenvalue weighted by atomic mass is 16.2. The van der Waals surface area contributed by atoms with Crippen molar-refractivity contribution in [3.63, 3.8) is 0 Å². The molecule has 0 aromatic heterocycles. The summed E-state index contributed by atoms with van der Waals surface area (Å²) in [6.07, 6.45) is 0. The zero-order valence-corrected chi connectivity index (χ0v) is 19.0. The lowest BCUT2D eigenvalue weighted by molar-refractivity contribution is -1.00. The highest BCUT2D eigenvalue weighted by Gasteiger charge is 2.26. The Morgan fingerprint density at radius 2 is 1.48 bits per heavy atom. The molecule has 1 heterocycles. The predicted octanol–water partition coefficient (Wildman–Crippen LogP) is -0.0548. The minimum absolute atomic E-state index is 0.0554. The lowest BCUT2D eigenvalue weighted by atomic mass is 10.0. The summed E-state index contributed by atoms with van der Waals surface area (Å²) >= 11 is 0. The van der Waals surface area contributed by atoms with E-state index in [2.05, 4.69) is 42.7 Å². The first-order valence-electron chi connectivity index (χ1n) is 11.3. The molecule has 3 rings (SSSR count). The van der Waals surface area contributed by atoms with Crippen LogP contribution in [0.2, 0.25) is 0 Å². The predicted molar refractivity (Wildman–Crippen MR) is 124 cm³/mol. The third-order valence-corrected chi connectivity index (χ3v) is 6.34. The highest BCUT2D eigenvalue weighted by Crippen LogP contribution is 2.17. The summed E-state index contributed by atoms with van der Waals surface area (Å²) in [6.45, 7) is 11.5. The van der Waals surface area contributed by atoms with Crippen LogP contribution in [0.4, 0.5) is 5.69 Å². The molecule has 166 valence electrons. The Morgan fingerprint density at radius 1 is 0.871 bits per heavy atom. The number of nitrogens with one attached hydrogen (secondary N) is 4. The molecule has 1 saturated heterocycles. The fraction of sp³-hybridized carbons (Fsp3) is 0.440. The van der Waals surface area contributed by atoms with Crippen LogP contribution in [0.1, 0.15) is 29.5 Å². The summed E-state index contributed by atoms with van der Waals surface area (Å²) in [7, 11) is 0. The molecule has 6 heteroatoms. The molecule has 4 N–H and O–H groups in total. The van der Waals surface area contributed by atoms with Crippen molar-refractivity contribution in [2.24, 2.45) is 0 Å². The number of piperazine rings is 1. The van der Waals surface area contributed by atoms with Gasteiger partial charge in [0.25, 0.3) is 11.8 Å². The number of benzene rings is 2. The second-order valence-electron chi connectivity index (χ2n) is 8.77. The average molecular weight is 425 g/mol. The molecular formula is C25H36N4O2+2. The van der Waals surface area contributed by atoms with E-state index < -0.39 is 0 Å². The maximum atomic E-state index is 12.5. The largest absolute Gasteiger partial charge is 0.351 e. The lowest BCUT2D eigenvalue weighted by Crippen LogP contribution is -3.28. The van der Waals surface area contributed by atoms with Gasteiger partial charge in [-0.2, -0.15) is 0 Å². The normalized spacial score (nSPS) is 19.5. The van der Waals surface area contributed by atoms with Crippen molar-refractivity contribution >= 4 is 17.5 Å². The van der Waals surface area contributed by atoms with Crippen molar-refractivity contribution in [1.29, 1.82) is 0 Å².